The number of likely N-dealkylation sites (tertiary alicyclic amines) is 1. The molecule has 1 aliphatic carbocycles. The fraction of sp³-hybridized carbons (Fsp3) is 0.429. The van der Waals surface area contributed by atoms with Crippen molar-refractivity contribution in [2.45, 2.75) is 64.5 Å². The number of nitrogens with zero attached hydrogens (tertiary/aromatic N) is 4. The summed E-state index contributed by atoms with van der Waals surface area (Å²) in [4.78, 5) is 15.3. The summed E-state index contributed by atoms with van der Waals surface area (Å²) in [5.41, 5.74) is 8.61. The monoisotopic (exact) mass is 489 g/mol. The lowest BCUT2D eigenvalue weighted by Gasteiger charge is -2.37. The third kappa shape index (κ3) is 4.97. The Kier molecular flexibility index (Phi) is 7.39. The molecule has 5 rings (SSSR count). The number of nitrogen functional groups attached to an aromatic ring is 1. The Balaban J connectivity index is 0.00000148. The molecule has 0 bridgehead atoms. The predicted octanol–water partition coefficient (Wildman–Crippen LogP) is 5.76. The SMILES string of the molecule is CC.CCc1cc(C2CC2)c(-c2nnc(N)o2)cc1C(=O)N1CCC(F)(c2ccc(C#N)cc2)CC1. The Bertz CT molecular complexity index is 1270. The number of nitrogens with two attached hydrogens (primary N) is 1. The van der Waals surface area contributed by atoms with Crippen LogP contribution in [-0.4, -0.2) is 34.1 Å². The van der Waals surface area contributed by atoms with Crippen molar-refractivity contribution in [3.05, 3.63) is 64.2 Å². The van der Waals surface area contributed by atoms with Crippen LogP contribution in [0.25, 0.3) is 11.5 Å². The molecule has 2 fully saturated rings. The van der Waals surface area contributed by atoms with Crippen molar-refractivity contribution in [2.24, 2.45) is 0 Å². The highest BCUT2D eigenvalue weighted by molar-refractivity contribution is 5.97. The van der Waals surface area contributed by atoms with Crippen LogP contribution >= 0.6 is 0 Å². The number of hydrogen-bond acceptors (Lipinski definition) is 6. The van der Waals surface area contributed by atoms with Gasteiger partial charge in [-0.2, -0.15) is 5.26 Å². The Hall–Kier alpha value is -3.73. The van der Waals surface area contributed by atoms with Crippen LogP contribution in [0.4, 0.5) is 10.4 Å². The number of anilines is 1. The van der Waals surface area contributed by atoms with Gasteiger partial charge in [-0.05, 0) is 60.1 Å². The summed E-state index contributed by atoms with van der Waals surface area (Å²) in [6, 6.07) is 12.6. The molecule has 188 valence electrons. The second-order valence-corrected chi connectivity index (χ2v) is 9.12. The number of carbonyl (C=O) groups excluding carboxylic acids is 1. The van der Waals surface area contributed by atoms with Crippen LogP contribution in [0.3, 0.4) is 0 Å². The molecule has 0 unspecified atom stereocenters. The Morgan fingerprint density at radius 1 is 1.19 bits per heavy atom. The van der Waals surface area contributed by atoms with Crippen molar-refractivity contribution in [3.63, 3.8) is 0 Å². The van der Waals surface area contributed by atoms with E-state index in [1.807, 2.05) is 26.8 Å². The van der Waals surface area contributed by atoms with E-state index in [1.54, 1.807) is 29.2 Å². The van der Waals surface area contributed by atoms with Crippen LogP contribution in [0.15, 0.2) is 40.8 Å². The number of amides is 1. The normalized spacial score (nSPS) is 16.6. The summed E-state index contributed by atoms with van der Waals surface area (Å²) in [6.07, 6.45) is 3.30. The predicted molar refractivity (Wildman–Crippen MR) is 136 cm³/mol. The number of hydrogen-bond donors (Lipinski definition) is 1. The number of carbonyl (C=O) groups is 1. The standard InChI is InChI=1S/C26H26FN5O2.C2H6/c1-2-17-13-20(18-5-6-18)22(23-30-31-25(29)34-23)14-21(17)24(33)32-11-9-26(27,10-12-32)19-7-3-16(15-28)4-8-19;1-2/h3-4,7-8,13-14,18H,2,5-6,9-12H2,1H3,(H2,29,31);1-2H3. The number of benzene rings is 2. The molecular weight excluding hydrogens is 457 g/mol. The fourth-order valence-electron chi connectivity index (χ4n) is 4.78. The van der Waals surface area contributed by atoms with Gasteiger partial charge in [0.1, 0.15) is 5.67 Å². The van der Waals surface area contributed by atoms with Crippen LogP contribution in [-0.2, 0) is 12.1 Å². The molecule has 1 saturated carbocycles. The molecule has 2 heterocycles. The molecule has 0 spiro atoms. The van der Waals surface area contributed by atoms with Gasteiger partial charge in [-0.25, -0.2) is 4.39 Å². The maximum atomic E-state index is 15.7. The highest BCUT2D eigenvalue weighted by atomic mass is 19.1. The average Bonchev–Trinajstić information content (AvgIpc) is 3.69. The molecule has 1 aliphatic heterocycles. The summed E-state index contributed by atoms with van der Waals surface area (Å²) in [7, 11) is 0. The van der Waals surface area contributed by atoms with Crippen molar-refractivity contribution in [3.8, 4) is 17.5 Å². The molecule has 1 saturated heterocycles. The molecule has 2 aromatic carbocycles. The quantitative estimate of drug-likeness (QED) is 0.488. The van der Waals surface area contributed by atoms with Crippen molar-refractivity contribution in [1.29, 1.82) is 5.26 Å². The molecule has 2 aliphatic rings. The fourth-order valence-corrected chi connectivity index (χ4v) is 4.78. The van der Waals surface area contributed by atoms with E-state index in [2.05, 4.69) is 22.3 Å². The Morgan fingerprint density at radius 2 is 1.86 bits per heavy atom. The van der Waals surface area contributed by atoms with Crippen LogP contribution in [0.1, 0.15) is 85.0 Å². The van der Waals surface area contributed by atoms with E-state index in [0.717, 1.165) is 29.5 Å². The summed E-state index contributed by atoms with van der Waals surface area (Å²) in [5, 5.41) is 16.8. The molecule has 7 nitrogen and oxygen atoms in total. The summed E-state index contributed by atoms with van der Waals surface area (Å²) in [6.45, 7) is 6.65. The van der Waals surface area contributed by atoms with Gasteiger partial charge in [0.15, 0.2) is 0 Å². The zero-order valence-electron chi connectivity index (χ0n) is 21.1. The van der Waals surface area contributed by atoms with E-state index in [9.17, 15) is 4.79 Å². The first-order chi connectivity index (χ1) is 17.4. The van der Waals surface area contributed by atoms with Gasteiger partial charge < -0.3 is 15.1 Å². The van der Waals surface area contributed by atoms with E-state index in [4.69, 9.17) is 15.4 Å². The first kappa shape index (κ1) is 25.4. The Morgan fingerprint density at radius 3 is 2.39 bits per heavy atom. The average molecular weight is 490 g/mol. The molecule has 2 N–H and O–H groups in total. The molecule has 1 aromatic heterocycles. The van der Waals surface area contributed by atoms with Crippen molar-refractivity contribution in [1.82, 2.24) is 15.1 Å². The molecule has 3 aromatic rings. The maximum absolute atomic E-state index is 15.7. The number of nitriles is 1. The second kappa shape index (κ2) is 10.5. The molecule has 36 heavy (non-hydrogen) atoms. The van der Waals surface area contributed by atoms with E-state index in [1.165, 1.54) is 0 Å². The summed E-state index contributed by atoms with van der Waals surface area (Å²) < 4.78 is 21.2. The third-order valence-corrected chi connectivity index (χ3v) is 6.95. The van der Waals surface area contributed by atoms with Crippen LogP contribution in [0.5, 0.6) is 0 Å². The first-order valence-electron chi connectivity index (χ1n) is 12.7. The lowest BCUT2D eigenvalue weighted by Crippen LogP contribution is -2.43. The Labute approximate surface area is 211 Å². The van der Waals surface area contributed by atoms with Crippen molar-refractivity contribution < 1.29 is 13.6 Å². The first-order valence-corrected chi connectivity index (χ1v) is 12.7. The number of aromatic nitrogens is 2. The minimum atomic E-state index is -1.51. The van der Waals surface area contributed by atoms with Gasteiger partial charge in [-0.15, -0.1) is 5.10 Å². The lowest BCUT2D eigenvalue weighted by molar-refractivity contribution is 0.0420. The van der Waals surface area contributed by atoms with E-state index >= 15 is 4.39 Å². The number of rotatable bonds is 5. The number of halogens is 1. The molecule has 0 radical (unpaired) electrons. The topological polar surface area (TPSA) is 109 Å². The van der Waals surface area contributed by atoms with Gasteiger partial charge in [-0.1, -0.05) is 44.1 Å². The third-order valence-electron chi connectivity index (χ3n) is 6.95. The second-order valence-electron chi connectivity index (χ2n) is 9.12. The number of alkyl halides is 1. The van der Waals surface area contributed by atoms with Gasteiger partial charge >= 0.3 is 6.01 Å². The largest absolute Gasteiger partial charge is 0.404 e. The smallest absolute Gasteiger partial charge is 0.313 e. The van der Waals surface area contributed by atoms with E-state index in [-0.39, 0.29) is 24.8 Å². The molecule has 1 amide bonds. The van der Waals surface area contributed by atoms with Crippen LogP contribution in [0.2, 0.25) is 0 Å². The van der Waals surface area contributed by atoms with Crippen LogP contribution < -0.4 is 5.73 Å². The zero-order valence-corrected chi connectivity index (χ0v) is 21.1. The minimum absolute atomic E-state index is 0.0117. The number of piperidine rings is 1. The summed E-state index contributed by atoms with van der Waals surface area (Å²) in [5.74, 6) is 0.625. The van der Waals surface area contributed by atoms with Gasteiger partial charge in [0.25, 0.3) is 5.91 Å². The molecule has 0 atom stereocenters. The highest BCUT2D eigenvalue weighted by Crippen LogP contribution is 2.45. The van der Waals surface area contributed by atoms with E-state index in [0.29, 0.717) is 48.0 Å². The van der Waals surface area contributed by atoms with Crippen molar-refractivity contribution >= 4 is 11.9 Å². The molecular formula is C28H32FN5O2. The highest BCUT2D eigenvalue weighted by Gasteiger charge is 2.38. The van der Waals surface area contributed by atoms with Gasteiger partial charge in [0.2, 0.25) is 5.89 Å². The minimum Gasteiger partial charge on any atom is -0.404 e. The van der Waals surface area contributed by atoms with E-state index < -0.39 is 5.67 Å². The number of aryl methyl sites for hydroxylation is 1. The zero-order chi connectivity index (χ0) is 25.9. The van der Waals surface area contributed by atoms with Crippen LogP contribution in [0, 0.1) is 11.3 Å². The molecule has 8 heteroatoms. The summed E-state index contributed by atoms with van der Waals surface area (Å²) >= 11 is 0. The maximum Gasteiger partial charge on any atom is 0.313 e. The van der Waals surface area contributed by atoms with Gasteiger partial charge in [-0.3, -0.25) is 4.79 Å². The van der Waals surface area contributed by atoms with Crippen molar-refractivity contribution in [2.75, 3.05) is 18.8 Å². The lowest BCUT2D eigenvalue weighted by atomic mass is 9.85. The van der Waals surface area contributed by atoms with Gasteiger partial charge in [0.05, 0.1) is 11.6 Å². The van der Waals surface area contributed by atoms with Gasteiger partial charge in [0, 0.05) is 37.1 Å².